The van der Waals surface area contributed by atoms with Crippen molar-refractivity contribution in [3.05, 3.63) is 34.9 Å². The van der Waals surface area contributed by atoms with E-state index in [9.17, 15) is 9.90 Å². The molecule has 4 heteroatoms. The highest BCUT2D eigenvalue weighted by Gasteiger charge is 2.30. The molecule has 0 radical (unpaired) electrons. The molecule has 98 valence electrons. The summed E-state index contributed by atoms with van der Waals surface area (Å²) >= 11 is 6.08. The van der Waals surface area contributed by atoms with Crippen molar-refractivity contribution in [3.63, 3.8) is 0 Å². The van der Waals surface area contributed by atoms with Crippen LogP contribution < -0.4 is 5.32 Å². The molecule has 18 heavy (non-hydrogen) atoms. The van der Waals surface area contributed by atoms with Gasteiger partial charge in [-0.2, -0.15) is 0 Å². The van der Waals surface area contributed by atoms with Crippen LogP contribution >= 0.6 is 11.6 Å². The lowest BCUT2D eigenvalue weighted by Crippen LogP contribution is -2.41. The minimum absolute atomic E-state index is 0.0625. The summed E-state index contributed by atoms with van der Waals surface area (Å²) < 4.78 is 0. The number of aliphatic carboxylic acids is 1. The normalized spacial score (nSPS) is 23.8. The lowest BCUT2D eigenvalue weighted by Gasteiger charge is -2.29. The second-order valence-electron chi connectivity index (χ2n) is 4.81. The van der Waals surface area contributed by atoms with Crippen molar-refractivity contribution in [2.75, 3.05) is 0 Å². The van der Waals surface area contributed by atoms with Gasteiger partial charge in [0.05, 0.1) is 5.92 Å². The van der Waals surface area contributed by atoms with E-state index in [2.05, 4.69) is 5.32 Å². The van der Waals surface area contributed by atoms with Crippen LogP contribution in [0.5, 0.6) is 0 Å². The zero-order valence-corrected chi connectivity index (χ0v) is 11.0. The van der Waals surface area contributed by atoms with Gasteiger partial charge in [-0.1, -0.05) is 42.6 Å². The highest BCUT2D eigenvalue weighted by atomic mass is 35.5. The van der Waals surface area contributed by atoms with E-state index in [1.807, 2.05) is 24.3 Å². The summed E-state index contributed by atoms with van der Waals surface area (Å²) in [5.41, 5.74) is 1.02. The summed E-state index contributed by atoms with van der Waals surface area (Å²) in [5, 5.41) is 13.3. The molecule has 0 bridgehead atoms. The van der Waals surface area contributed by atoms with Gasteiger partial charge in [0, 0.05) is 17.6 Å². The zero-order chi connectivity index (χ0) is 13.0. The first-order valence-electron chi connectivity index (χ1n) is 6.38. The fraction of sp³-hybridized carbons (Fsp3) is 0.500. The molecule has 1 aliphatic carbocycles. The summed E-state index contributed by atoms with van der Waals surface area (Å²) in [6.45, 7) is 0.633. The Hall–Kier alpha value is -1.06. The summed E-state index contributed by atoms with van der Waals surface area (Å²) in [7, 11) is 0. The van der Waals surface area contributed by atoms with Crippen LogP contribution in [0.2, 0.25) is 5.02 Å². The largest absolute Gasteiger partial charge is 0.481 e. The molecule has 2 rings (SSSR count). The van der Waals surface area contributed by atoms with Gasteiger partial charge in [0.1, 0.15) is 0 Å². The van der Waals surface area contributed by atoms with Crippen molar-refractivity contribution in [2.24, 2.45) is 5.92 Å². The average Bonchev–Trinajstić information content (AvgIpc) is 2.38. The Morgan fingerprint density at radius 2 is 2.06 bits per heavy atom. The Bertz CT molecular complexity index is 422. The van der Waals surface area contributed by atoms with Gasteiger partial charge in [0.2, 0.25) is 0 Å². The van der Waals surface area contributed by atoms with E-state index in [0.717, 1.165) is 36.3 Å². The molecule has 0 amide bonds. The van der Waals surface area contributed by atoms with Gasteiger partial charge in [0.25, 0.3) is 0 Å². The van der Waals surface area contributed by atoms with E-state index in [1.54, 1.807) is 0 Å². The van der Waals surface area contributed by atoms with E-state index in [1.165, 1.54) is 0 Å². The Labute approximate surface area is 112 Å². The average molecular weight is 268 g/mol. The highest BCUT2D eigenvalue weighted by molar-refractivity contribution is 6.31. The van der Waals surface area contributed by atoms with Crippen molar-refractivity contribution in [1.82, 2.24) is 5.32 Å². The number of carboxylic acids is 1. The summed E-state index contributed by atoms with van der Waals surface area (Å²) in [6.07, 6.45) is 3.82. The van der Waals surface area contributed by atoms with Gasteiger partial charge < -0.3 is 10.4 Å². The van der Waals surface area contributed by atoms with E-state index < -0.39 is 5.97 Å². The van der Waals surface area contributed by atoms with Crippen LogP contribution in [-0.2, 0) is 11.3 Å². The Morgan fingerprint density at radius 1 is 1.33 bits per heavy atom. The summed E-state index contributed by atoms with van der Waals surface area (Å²) in [4.78, 5) is 11.2. The number of rotatable bonds is 4. The quantitative estimate of drug-likeness (QED) is 0.881. The highest BCUT2D eigenvalue weighted by Crippen LogP contribution is 2.25. The van der Waals surface area contributed by atoms with Crippen LogP contribution in [-0.4, -0.2) is 17.1 Å². The van der Waals surface area contributed by atoms with Crippen LogP contribution in [0, 0.1) is 5.92 Å². The predicted octanol–water partition coefficient (Wildman–Crippen LogP) is 3.07. The molecule has 0 aromatic heterocycles. The van der Waals surface area contributed by atoms with Crippen molar-refractivity contribution >= 4 is 17.6 Å². The number of halogens is 1. The fourth-order valence-corrected chi connectivity index (χ4v) is 2.76. The van der Waals surface area contributed by atoms with Crippen LogP contribution in [0.3, 0.4) is 0 Å². The second-order valence-corrected chi connectivity index (χ2v) is 5.22. The number of carbonyl (C=O) groups is 1. The number of hydrogen-bond donors (Lipinski definition) is 2. The molecule has 1 aliphatic rings. The molecular weight excluding hydrogens is 250 g/mol. The van der Waals surface area contributed by atoms with E-state index >= 15 is 0 Å². The lowest BCUT2D eigenvalue weighted by atomic mass is 9.84. The third-order valence-electron chi connectivity index (χ3n) is 3.60. The molecule has 0 aliphatic heterocycles. The SMILES string of the molecule is O=C(O)[C@@H]1CCCC[C@@H]1NCc1ccccc1Cl. The molecule has 1 saturated carbocycles. The molecule has 1 fully saturated rings. The first-order valence-corrected chi connectivity index (χ1v) is 6.76. The zero-order valence-electron chi connectivity index (χ0n) is 10.2. The Kier molecular flexibility index (Phi) is 4.61. The molecule has 2 atom stereocenters. The Morgan fingerprint density at radius 3 is 2.78 bits per heavy atom. The number of benzene rings is 1. The van der Waals surface area contributed by atoms with Crippen molar-refractivity contribution in [1.29, 1.82) is 0 Å². The van der Waals surface area contributed by atoms with Crippen molar-refractivity contribution < 1.29 is 9.90 Å². The van der Waals surface area contributed by atoms with Crippen LogP contribution in [0.4, 0.5) is 0 Å². The molecule has 0 spiro atoms. The number of hydrogen-bond acceptors (Lipinski definition) is 2. The molecule has 1 aromatic rings. The van der Waals surface area contributed by atoms with Gasteiger partial charge in [-0.25, -0.2) is 0 Å². The minimum Gasteiger partial charge on any atom is -0.481 e. The van der Waals surface area contributed by atoms with Gasteiger partial charge in [-0.3, -0.25) is 4.79 Å². The van der Waals surface area contributed by atoms with E-state index in [4.69, 9.17) is 11.6 Å². The maximum absolute atomic E-state index is 11.2. The van der Waals surface area contributed by atoms with E-state index in [0.29, 0.717) is 6.54 Å². The monoisotopic (exact) mass is 267 g/mol. The summed E-state index contributed by atoms with van der Waals surface area (Å²) in [6, 6.07) is 7.72. The van der Waals surface area contributed by atoms with Crippen LogP contribution in [0.1, 0.15) is 31.2 Å². The third-order valence-corrected chi connectivity index (χ3v) is 3.96. The fourth-order valence-electron chi connectivity index (χ4n) is 2.55. The maximum atomic E-state index is 11.2. The van der Waals surface area contributed by atoms with E-state index in [-0.39, 0.29) is 12.0 Å². The number of carboxylic acid groups (broad SMARTS) is 1. The van der Waals surface area contributed by atoms with Crippen molar-refractivity contribution in [2.45, 2.75) is 38.3 Å². The first kappa shape index (κ1) is 13.4. The maximum Gasteiger partial charge on any atom is 0.308 e. The third kappa shape index (κ3) is 3.24. The molecule has 0 heterocycles. The molecule has 2 N–H and O–H groups in total. The van der Waals surface area contributed by atoms with Gasteiger partial charge in [-0.15, -0.1) is 0 Å². The second kappa shape index (κ2) is 6.21. The topological polar surface area (TPSA) is 49.3 Å². The van der Waals surface area contributed by atoms with Crippen LogP contribution in [0.15, 0.2) is 24.3 Å². The summed E-state index contributed by atoms with van der Waals surface area (Å²) in [5.74, 6) is -0.951. The molecule has 0 unspecified atom stereocenters. The molecular formula is C14H18ClNO2. The van der Waals surface area contributed by atoms with Gasteiger partial charge >= 0.3 is 5.97 Å². The van der Waals surface area contributed by atoms with Gasteiger partial charge in [0.15, 0.2) is 0 Å². The van der Waals surface area contributed by atoms with Gasteiger partial charge in [-0.05, 0) is 24.5 Å². The van der Waals surface area contributed by atoms with Crippen LogP contribution in [0.25, 0.3) is 0 Å². The number of nitrogens with one attached hydrogen (secondary N) is 1. The smallest absolute Gasteiger partial charge is 0.308 e. The molecule has 1 aromatic carbocycles. The van der Waals surface area contributed by atoms with Crippen molar-refractivity contribution in [3.8, 4) is 0 Å². The standard InChI is InChI=1S/C14H18ClNO2/c15-12-7-3-1-5-10(12)9-16-13-8-4-2-6-11(13)14(17)18/h1,3,5,7,11,13,16H,2,4,6,8-9H2,(H,17,18)/t11-,13+/m1/s1. The molecule has 3 nitrogen and oxygen atoms in total. The molecule has 0 saturated heterocycles. The first-order chi connectivity index (χ1) is 8.68. The minimum atomic E-state index is -0.689. The Balaban J connectivity index is 1.96. The lowest BCUT2D eigenvalue weighted by molar-refractivity contribution is -0.143. The predicted molar refractivity (Wildman–Crippen MR) is 71.7 cm³/mol.